The second kappa shape index (κ2) is 5.87. The zero-order chi connectivity index (χ0) is 16.5. The van der Waals surface area contributed by atoms with Crippen LogP contribution >= 0.6 is 0 Å². The molecule has 3 N–H and O–H groups in total. The highest BCUT2D eigenvalue weighted by Crippen LogP contribution is 2.42. The van der Waals surface area contributed by atoms with Gasteiger partial charge in [-0.3, -0.25) is 14.5 Å². The molecule has 2 aliphatic rings. The Hall–Kier alpha value is -1.63. The van der Waals surface area contributed by atoms with E-state index in [9.17, 15) is 14.4 Å². The van der Waals surface area contributed by atoms with Gasteiger partial charge in [-0.15, -0.1) is 0 Å². The van der Waals surface area contributed by atoms with E-state index < -0.39 is 11.6 Å². The zero-order valence-corrected chi connectivity index (χ0v) is 13.8. The van der Waals surface area contributed by atoms with Crippen molar-refractivity contribution in [2.24, 2.45) is 5.92 Å². The summed E-state index contributed by atoms with van der Waals surface area (Å²) in [5, 5.41) is 8.70. The molecule has 124 valence electrons. The quantitative estimate of drug-likeness (QED) is 0.483. The molecule has 0 bridgehead atoms. The molecule has 1 unspecified atom stereocenters. The van der Waals surface area contributed by atoms with Crippen molar-refractivity contribution in [3.8, 4) is 0 Å². The highest BCUT2D eigenvalue weighted by molar-refractivity contribution is 6.09. The fourth-order valence-electron chi connectivity index (χ4n) is 2.64. The third kappa shape index (κ3) is 3.76. The molecule has 1 aliphatic heterocycles. The maximum Gasteiger partial charge on any atom is 0.325 e. The minimum Gasteiger partial charge on any atom is -0.353 e. The molecule has 0 aromatic heterocycles. The molecule has 0 radical (unpaired) electrons. The van der Waals surface area contributed by atoms with Gasteiger partial charge in [0.25, 0.3) is 5.91 Å². The van der Waals surface area contributed by atoms with Crippen molar-refractivity contribution in [3.05, 3.63) is 0 Å². The highest BCUT2D eigenvalue weighted by Gasteiger charge is 2.56. The van der Waals surface area contributed by atoms with E-state index in [4.69, 9.17) is 0 Å². The number of rotatable bonds is 6. The third-order valence-corrected chi connectivity index (χ3v) is 4.10. The number of nitrogens with zero attached hydrogens (tertiary/aromatic N) is 1. The van der Waals surface area contributed by atoms with Crippen LogP contribution in [0.2, 0.25) is 0 Å². The number of amides is 4. The van der Waals surface area contributed by atoms with Crippen LogP contribution < -0.4 is 16.0 Å². The normalized spacial score (nSPS) is 25.4. The van der Waals surface area contributed by atoms with Gasteiger partial charge in [0.05, 0.1) is 0 Å². The molecule has 0 spiro atoms. The van der Waals surface area contributed by atoms with Gasteiger partial charge < -0.3 is 16.0 Å². The lowest BCUT2D eigenvalue weighted by atomic mass is 9.96. The molecule has 0 aromatic carbocycles. The molecule has 7 heteroatoms. The maximum absolute atomic E-state index is 12.4. The Bertz CT molecular complexity index is 482. The van der Waals surface area contributed by atoms with Crippen LogP contribution in [0, 0.1) is 5.92 Å². The number of carbonyl (C=O) groups is 3. The Morgan fingerprint density at radius 1 is 1.32 bits per heavy atom. The number of hydrogen-bond donors (Lipinski definition) is 3. The lowest BCUT2D eigenvalue weighted by Gasteiger charge is -2.21. The van der Waals surface area contributed by atoms with E-state index in [2.05, 4.69) is 16.0 Å². The molecule has 1 saturated carbocycles. The lowest BCUT2D eigenvalue weighted by molar-refractivity contribution is -0.135. The molecular formula is C15H26N4O3. The largest absolute Gasteiger partial charge is 0.353 e. The summed E-state index contributed by atoms with van der Waals surface area (Å²) in [6.07, 6.45) is 1.89. The zero-order valence-electron chi connectivity index (χ0n) is 13.8. The second-order valence-electron chi connectivity index (χ2n) is 7.32. The molecule has 4 amide bonds. The van der Waals surface area contributed by atoms with Crippen molar-refractivity contribution in [2.75, 3.05) is 19.6 Å². The summed E-state index contributed by atoms with van der Waals surface area (Å²) < 4.78 is 0. The number of carbonyl (C=O) groups excluding carboxylic acids is 3. The highest BCUT2D eigenvalue weighted by atomic mass is 16.2. The van der Waals surface area contributed by atoms with Crippen molar-refractivity contribution in [1.29, 1.82) is 0 Å². The summed E-state index contributed by atoms with van der Waals surface area (Å²) in [5.41, 5.74) is -0.841. The Morgan fingerprint density at radius 2 is 1.95 bits per heavy atom. The van der Waals surface area contributed by atoms with Crippen LogP contribution in [0.1, 0.15) is 40.5 Å². The first-order valence-electron chi connectivity index (χ1n) is 7.79. The molecule has 22 heavy (non-hydrogen) atoms. The van der Waals surface area contributed by atoms with Crippen LogP contribution in [-0.2, 0) is 9.59 Å². The van der Waals surface area contributed by atoms with E-state index in [0.717, 1.165) is 17.7 Å². The van der Waals surface area contributed by atoms with Gasteiger partial charge in [0, 0.05) is 18.6 Å². The summed E-state index contributed by atoms with van der Waals surface area (Å²) in [4.78, 5) is 37.2. The third-order valence-electron chi connectivity index (χ3n) is 4.10. The molecule has 1 saturated heterocycles. The minimum atomic E-state index is -0.828. The first-order valence-corrected chi connectivity index (χ1v) is 7.79. The SMILES string of the molecule is CC(C)(C)NCCNC(=O)CN1C(=O)NC(C)(C2CC2)C1=O. The molecule has 0 aromatic rings. The Labute approximate surface area is 131 Å². The summed E-state index contributed by atoms with van der Waals surface area (Å²) in [7, 11) is 0. The van der Waals surface area contributed by atoms with E-state index in [1.165, 1.54) is 0 Å². The van der Waals surface area contributed by atoms with E-state index >= 15 is 0 Å². The van der Waals surface area contributed by atoms with Crippen LogP contribution in [0.25, 0.3) is 0 Å². The molecule has 2 rings (SSSR count). The predicted octanol–water partition coefficient (Wildman–Crippen LogP) is 0.211. The lowest BCUT2D eigenvalue weighted by Crippen LogP contribution is -2.47. The average molecular weight is 310 g/mol. The van der Waals surface area contributed by atoms with Gasteiger partial charge in [-0.1, -0.05) is 0 Å². The number of urea groups is 1. The van der Waals surface area contributed by atoms with Crippen molar-refractivity contribution >= 4 is 17.8 Å². The van der Waals surface area contributed by atoms with E-state index in [1.54, 1.807) is 6.92 Å². The van der Waals surface area contributed by atoms with Crippen molar-refractivity contribution in [1.82, 2.24) is 20.9 Å². The van der Waals surface area contributed by atoms with Gasteiger partial charge in [0.15, 0.2) is 0 Å². The monoisotopic (exact) mass is 310 g/mol. The first-order chi connectivity index (χ1) is 10.1. The smallest absolute Gasteiger partial charge is 0.325 e. The predicted molar refractivity (Wildman–Crippen MR) is 82.1 cm³/mol. The molecule has 1 atom stereocenters. The summed E-state index contributed by atoms with van der Waals surface area (Å²) in [5.74, 6) is -0.407. The van der Waals surface area contributed by atoms with Gasteiger partial charge in [-0.25, -0.2) is 4.79 Å². The molecule has 2 fully saturated rings. The summed E-state index contributed by atoms with van der Waals surface area (Å²) in [6.45, 7) is 8.75. The Balaban J connectivity index is 1.79. The minimum absolute atomic E-state index is 0.0123. The maximum atomic E-state index is 12.4. The second-order valence-corrected chi connectivity index (χ2v) is 7.32. The molecule has 7 nitrogen and oxygen atoms in total. The van der Waals surface area contributed by atoms with Gasteiger partial charge in [-0.05, 0) is 46.5 Å². The van der Waals surface area contributed by atoms with Gasteiger partial charge in [0.2, 0.25) is 5.91 Å². The number of imide groups is 1. The van der Waals surface area contributed by atoms with Crippen molar-refractivity contribution < 1.29 is 14.4 Å². The average Bonchev–Trinajstić information content (AvgIpc) is 3.20. The van der Waals surface area contributed by atoms with Gasteiger partial charge in [0.1, 0.15) is 12.1 Å². The molecule has 1 heterocycles. The van der Waals surface area contributed by atoms with E-state index in [-0.39, 0.29) is 29.8 Å². The van der Waals surface area contributed by atoms with E-state index in [1.807, 2.05) is 20.8 Å². The summed E-state index contributed by atoms with van der Waals surface area (Å²) >= 11 is 0. The standard InChI is InChI=1S/C15H26N4O3/c1-14(2,3)17-8-7-16-11(20)9-19-12(21)15(4,10-5-6-10)18-13(19)22/h10,17H,5-9H2,1-4H3,(H,16,20)(H,18,22). The molecule has 1 aliphatic carbocycles. The van der Waals surface area contributed by atoms with Crippen LogP contribution in [0.4, 0.5) is 4.79 Å². The Morgan fingerprint density at radius 3 is 2.50 bits per heavy atom. The number of hydrogen-bond acceptors (Lipinski definition) is 4. The van der Waals surface area contributed by atoms with Gasteiger partial charge in [-0.2, -0.15) is 0 Å². The molecular weight excluding hydrogens is 284 g/mol. The van der Waals surface area contributed by atoms with Crippen LogP contribution in [0.3, 0.4) is 0 Å². The van der Waals surface area contributed by atoms with E-state index in [0.29, 0.717) is 13.1 Å². The van der Waals surface area contributed by atoms with Gasteiger partial charge >= 0.3 is 6.03 Å². The summed E-state index contributed by atoms with van der Waals surface area (Å²) in [6, 6.07) is -0.470. The van der Waals surface area contributed by atoms with Crippen LogP contribution in [-0.4, -0.2) is 53.5 Å². The number of nitrogens with one attached hydrogen (secondary N) is 3. The van der Waals surface area contributed by atoms with Crippen LogP contribution in [0.15, 0.2) is 0 Å². The fraction of sp³-hybridized carbons (Fsp3) is 0.800. The topological polar surface area (TPSA) is 90.5 Å². The fourth-order valence-corrected chi connectivity index (χ4v) is 2.64. The van der Waals surface area contributed by atoms with Crippen molar-refractivity contribution in [2.45, 2.75) is 51.6 Å². The van der Waals surface area contributed by atoms with Crippen molar-refractivity contribution in [3.63, 3.8) is 0 Å². The Kier molecular flexibility index (Phi) is 4.47. The first kappa shape index (κ1) is 16.7. The van der Waals surface area contributed by atoms with Crippen LogP contribution in [0.5, 0.6) is 0 Å².